The van der Waals surface area contributed by atoms with E-state index >= 15 is 0 Å². The lowest BCUT2D eigenvalue weighted by molar-refractivity contribution is 0.827. The van der Waals surface area contributed by atoms with Gasteiger partial charge in [0.2, 0.25) is 0 Å². The van der Waals surface area contributed by atoms with E-state index in [0.717, 1.165) is 11.4 Å². The van der Waals surface area contributed by atoms with Crippen LogP contribution in [0.15, 0.2) is 35.1 Å². The molecule has 0 amide bonds. The van der Waals surface area contributed by atoms with Crippen molar-refractivity contribution in [3.63, 3.8) is 0 Å². The van der Waals surface area contributed by atoms with Crippen LogP contribution >= 0.6 is 0 Å². The summed E-state index contributed by atoms with van der Waals surface area (Å²) in [7, 11) is 0. The minimum atomic E-state index is -0.0644. The van der Waals surface area contributed by atoms with Gasteiger partial charge in [-0.15, -0.1) is 0 Å². The third-order valence-electron chi connectivity index (χ3n) is 2.73. The minimum Gasteiger partial charge on any atom is -0.268 e. The van der Waals surface area contributed by atoms with Crippen molar-refractivity contribution in [1.82, 2.24) is 9.78 Å². The highest BCUT2D eigenvalue weighted by Crippen LogP contribution is 2.16. The van der Waals surface area contributed by atoms with Gasteiger partial charge in [-0.3, -0.25) is 14.6 Å². The average molecular weight is 216 g/mol. The first-order chi connectivity index (χ1) is 7.58. The van der Waals surface area contributed by atoms with Gasteiger partial charge in [0.05, 0.1) is 5.69 Å². The normalized spacial score (nSPS) is 11.0. The molecule has 0 atom stereocenters. The number of hydrogen-bond donors (Lipinski definition) is 1. The Morgan fingerprint density at radius 3 is 2.25 bits per heavy atom. The van der Waals surface area contributed by atoms with Gasteiger partial charge in [0.25, 0.3) is 5.56 Å². The van der Waals surface area contributed by atoms with Gasteiger partial charge in [0, 0.05) is 11.8 Å². The highest BCUT2D eigenvalue weighted by atomic mass is 16.1. The van der Waals surface area contributed by atoms with Crippen molar-refractivity contribution in [2.24, 2.45) is 0 Å². The van der Waals surface area contributed by atoms with E-state index in [1.165, 1.54) is 5.56 Å². The standard InChI is InChI=1S/C13H16N2O/c1-9(2)11-4-6-12(7-5-11)15-10(3)8-13(16)14-15/h4-9H,1-3H3,(H,14,16). The Balaban J connectivity index is 2.42. The summed E-state index contributed by atoms with van der Waals surface area (Å²) in [6.45, 7) is 6.24. The maximum Gasteiger partial charge on any atom is 0.264 e. The quantitative estimate of drug-likeness (QED) is 0.823. The van der Waals surface area contributed by atoms with E-state index in [2.05, 4.69) is 31.1 Å². The molecule has 0 unspecified atom stereocenters. The maximum atomic E-state index is 11.2. The lowest BCUT2D eigenvalue weighted by Crippen LogP contribution is -2.04. The molecule has 3 nitrogen and oxygen atoms in total. The number of H-pyrrole nitrogens is 1. The van der Waals surface area contributed by atoms with Gasteiger partial charge >= 0.3 is 0 Å². The van der Waals surface area contributed by atoms with E-state index in [4.69, 9.17) is 0 Å². The van der Waals surface area contributed by atoms with Crippen molar-refractivity contribution in [2.45, 2.75) is 26.7 Å². The third-order valence-corrected chi connectivity index (χ3v) is 2.73. The molecular formula is C13H16N2O. The zero-order valence-corrected chi connectivity index (χ0v) is 9.82. The Kier molecular flexibility index (Phi) is 2.69. The van der Waals surface area contributed by atoms with E-state index in [1.807, 2.05) is 19.1 Å². The zero-order chi connectivity index (χ0) is 11.7. The van der Waals surface area contributed by atoms with E-state index in [0.29, 0.717) is 5.92 Å². The van der Waals surface area contributed by atoms with E-state index in [9.17, 15) is 4.79 Å². The van der Waals surface area contributed by atoms with Crippen LogP contribution in [-0.2, 0) is 0 Å². The molecule has 0 bridgehead atoms. The molecule has 0 aliphatic rings. The molecule has 0 fully saturated rings. The number of nitrogens with zero attached hydrogens (tertiary/aromatic N) is 1. The van der Waals surface area contributed by atoms with Gasteiger partial charge in [-0.2, -0.15) is 0 Å². The van der Waals surface area contributed by atoms with Gasteiger partial charge < -0.3 is 0 Å². The van der Waals surface area contributed by atoms with E-state index < -0.39 is 0 Å². The van der Waals surface area contributed by atoms with Gasteiger partial charge in [-0.25, -0.2) is 0 Å². The van der Waals surface area contributed by atoms with Crippen LogP contribution in [-0.4, -0.2) is 9.78 Å². The molecule has 3 heteroatoms. The van der Waals surface area contributed by atoms with E-state index in [1.54, 1.807) is 10.7 Å². The largest absolute Gasteiger partial charge is 0.268 e. The Hall–Kier alpha value is -1.77. The first kappa shape index (κ1) is 10.7. The van der Waals surface area contributed by atoms with Crippen molar-refractivity contribution in [2.75, 3.05) is 0 Å². The average Bonchev–Trinajstić information content (AvgIpc) is 2.58. The van der Waals surface area contributed by atoms with Crippen molar-refractivity contribution < 1.29 is 0 Å². The van der Waals surface area contributed by atoms with Crippen LogP contribution in [0.4, 0.5) is 0 Å². The Labute approximate surface area is 94.7 Å². The first-order valence-corrected chi connectivity index (χ1v) is 5.47. The summed E-state index contributed by atoms with van der Waals surface area (Å²) in [6.07, 6.45) is 0. The molecule has 2 aromatic rings. The molecular weight excluding hydrogens is 200 g/mol. The lowest BCUT2D eigenvalue weighted by atomic mass is 10.0. The van der Waals surface area contributed by atoms with Crippen LogP contribution < -0.4 is 5.56 Å². The topological polar surface area (TPSA) is 37.8 Å². The van der Waals surface area contributed by atoms with Crippen molar-refractivity contribution in [1.29, 1.82) is 0 Å². The third kappa shape index (κ3) is 1.94. The smallest absolute Gasteiger partial charge is 0.264 e. The molecule has 0 saturated carbocycles. The molecule has 0 spiro atoms. The predicted octanol–water partition coefficient (Wildman–Crippen LogP) is 2.60. The molecule has 2 rings (SSSR count). The fraction of sp³-hybridized carbons (Fsp3) is 0.308. The van der Waals surface area contributed by atoms with Crippen LogP contribution in [0.2, 0.25) is 0 Å². The molecule has 0 saturated heterocycles. The molecule has 1 aromatic carbocycles. The van der Waals surface area contributed by atoms with Gasteiger partial charge in [-0.05, 0) is 30.5 Å². The van der Waals surface area contributed by atoms with Gasteiger partial charge in [0.15, 0.2) is 0 Å². The second-order valence-electron chi connectivity index (χ2n) is 4.34. The summed E-state index contributed by atoms with van der Waals surface area (Å²) < 4.78 is 1.80. The second kappa shape index (κ2) is 4.00. The zero-order valence-electron chi connectivity index (χ0n) is 9.82. The van der Waals surface area contributed by atoms with Gasteiger partial charge in [-0.1, -0.05) is 26.0 Å². The summed E-state index contributed by atoms with van der Waals surface area (Å²) in [5, 5.41) is 2.77. The SMILES string of the molecule is Cc1cc(=O)[nH]n1-c1ccc(C(C)C)cc1. The number of benzene rings is 1. The number of rotatable bonds is 2. The van der Waals surface area contributed by atoms with Crippen LogP contribution in [0.5, 0.6) is 0 Å². The summed E-state index contributed by atoms with van der Waals surface area (Å²) in [6, 6.07) is 9.84. The Bertz CT molecular complexity index is 532. The Morgan fingerprint density at radius 2 is 1.81 bits per heavy atom. The minimum absolute atomic E-state index is 0.0644. The molecule has 1 heterocycles. The van der Waals surface area contributed by atoms with Gasteiger partial charge in [0.1, 0.15) is 0 Å². The molecule has 1 N–H and O–H groups in total. The fourth-order valence-electron chi connectivity index (χ4n) is 1.76. The number of nitrogens with one attached hydrogen (secondary N) is 1. The van der Waals surface area contributed by atoms with E-state index in [-0.39, 0.29) is 5.56 Å². The highest BCUT2D eigenvalue weighted by molar-refractivity contribution is 5.36. The summed E-state index contributed by atoms with van der Waals surface area (Å²) in [4.78, 5) is 11.2. The Morgan fingerprint density at radius 1 is 1.19 bits per heavy atom. The summed E-state index contributed by atoms with van der Waals surface area (Å²) >= 11 is 0. The molecule has 0 radical (unpaired) electrons. The number of hydrogen-bond acceptors (Lipinski definition) is 1. The molecule has 16 heavy (non-hydrogen) atoms. The summed E-state index contributed by atoms with van der Waals surface area (Å²) in [5.41, 5.74) is 3.15. The number of aromatic amines is 1. The monoisotopic (exact) mass is 216 g/mol. The molecule has 1 aromatic heterocycles. The highest BCUT2D eigenvalue weighted by Gasteiger charge is 2.03. The molecule has 0 aliphatic heterocycles. The summed E-state index contributed by atoms with van der Waals surface area (Å²) in [5.74, 6) is 0.527. The number of aryl methyl sites for hydroxylation is 1. The fourth-order valence-corrected chi connectivity index (χ4v) is 1.76. The first-order valence-electron chi connectivity index (χ1n) is 5.47. The van der Waals surface area contributed by atoms with Crippen LogP contribution in [0, 0.1) is 6.92 Å². The number of aromatic nitrogens is 2. The van der Waals surface area contributed by atoms with Crippen molar-refractivity contribution >= 4 is 0 Å². The van der Waals surface area contributed by atoms with Crippen LogP contribution in [0.3, 0.4) is 0 Å². The maximum absolute atomic E-state index is 11.2. The molecule has 0 aliphatic carbocycles. The molecule has 84 valence electrons. The predicted molar refractivity (Wildman–Crippen MR) is 65.2 cm³/mol. The van der Waals surface area contributed by atoms with Crippen LogP contribution in [0.1, 0.15) is 31.0 Å². The van der Waals surface area contributed by atoms with Crippen molar-refractivity contribution in [3.05, 3.63) is 51.9 Å². The second-order valence-corrected chi connectivity index (χ2v) is 4.34. The lowest BCUT2D eigenvalue weighted by Gasteiger charge is -2.08. The van der Waals surface area contributed by atoms with Crippen molar-refractivity contribution in [3.8, 4) is 5.69 Å². The van der Waals surface area contributed by atoms with Crippen LogP contribution in [0.25, 0.3) is 5.69 Å².